The Balaban J connectivity index is 2.32. The summed E-state index contributed by atoms with van der Waals surface area (Å²) in [6.45, 7) is 3.80. The van der Waals surface area contributed by atoms with Crippen molar-refractivity contribution in [2.45, 2.75) is 26.2 Å². The number of anilines is 1. The number of carboxylic acid groups (broad SMARTS) is 1. The van der Waals surface area contributed by atoms with Crippen LogP contribution in [0.25, 0.3) is 0 Å². The Morgan fingerprint density at radius 1 is 1.39 bits per heavy atom. The van der Waals surface area contributed by atoms with Gasteiger partial charge in [0.05, 0.1) is 5.69 Å². The van der Waals surface area contributed by atoms with E-state index in [1.807, 2.05) is 4.90 Å². The smallest absolute Gasteiger partial charge is 0.340 e. The van der Waals surface area contributed by atoms with Gasteiger partial charge in [-0.05, 0) is 37.3 Å². The van der Waals surface area contributed by atoms with Crippen LogP contribution in [0.3, 0.4) is 0 Å². The van der Waals surface area contributed by atoms with Gasteiger partial charge in [0.2, 0.25) is 0 Å². The fourth-order valence-electron chi connectivity index (χ4n) is 2.49. The van der Waals surface area contributed by atoms with Crippen LogP contribution in [0.15, 0.2) is 18.2 Å². The van der Waals surface area contributed by atoms with Crippen molar-refractivity contribution in [2.24, 2.45) is 5.92 Å². The molecule has 1 heterocycles. The Morgan fingerprint density at radius 2 is 2.17 bits per heavy atom. The summed E-state index contributed by atoms with van der Waals surface area (Å²) in [5.74, 6) is -1.20. The van der Waals surface area contributed by atoms with Crippen molar-refractivity contribution in [3.63, 3.8) is 0 Å². The molecule has 1 aliphatic rings. The van der Waals surface area contributed by atoms with Gasteiger partial charge in [-0.3, -0.25) is 0 Å². The van der Waals surface area contributed by atoms with Crippen LogP contribution in [0.5, 0.6) is 0 Å². The van der Waals surface area contributed by atoms with Gasteiger partial charge >= 0.3 is 5.97 Å². The molecule has 0 bridgehead atoms. The second kappa shape index (κ2) is 5.38. The first-order valence-corrected chi connectivity index (χ1v) is 6.36. The van der Waals surface area contributed by atoms with Gasteiger partial charge in [0, 0.05) is 13.1 Å². The van der Waals surface area contributed by atoms with Gasteiger partial charge in [0.15, 0.2) is 0 Å². The van der Waals surface area contributed by atoms with E-state index in [1.165, 1.54) is 6.07 Å². The van der Waals surface area contributed by atoms with E-state index >= 15 is 0 Å². The number of hydrogen-bond donors (Lipinski definition) is 1. The summed E-state index contributed by atoms with van der Waals surface area (Å²) >= 11 is 0. The summed E-state index contributed by atoms with van der Waals surface area (Å²) in [6.07, 6.45) is 3.19. The number of carboxylic acids is 1. The number of nitrogens with zero attached hydrogens (tertiary/aromatic N) is 1. The zero-order valence-corrected chi connectivity index (χ0v) is 10.5. The molecule has 0 aromatic heterocycles. The van der Waals surface area contributed by atoms with Gasteiger partial charge in [0.25, 0.3) is 0 Å². The molecule has 0 saturated carbocycles. The maximum atomic E-state index is 13.6. The van der Waals surface area contributed by atoms with E-state index in [2.05, 4.69) is 6.92 Å². The third-order valence-corrected chi connectivity index (χ3v) is 3.56. The molecule has 0 spiro atoms. The highest BCUT2D eigenvalue weighted by molar-refractivity contribution is 5.94. The average Bonchev–Trinajstić information content (AvgIpc) is 2.53. The van der Waals surface area contributed by atoms with Crippen molar-refractivity contribution in [3.8, 4) is 0 Å². The monoisotopic (exact) mass is 251 g/mol. The lowest BCUT2D eigenvalue weighted by Crippen LogP contribution is -2.26. The summed E-state index contributed by atoms with van der Waals surface area (Å²) in [5, 5.41) is 9.13. The lowest BCUT2D eigenvalue weighted by atomic mass is 10.0. The molecule has 1 aromatic rings. The van der Waals surface area contributed by atoms with Crippen LogP contribution in [-0.4, -0.2) is 24.2 Å². The van der Waals surface area contributed by atoms with Gasteiger partial charge in [0.1, 0.15) is 11.4 Å². The largest absolute Gasteiger partial charge is 0.478 e. The van der Waals surface area contributed by atoms with Crippen molar-refractivity contribution in [2.75, 3.05) is 18.0 Å². The van der Waals surface area contributed by atoms with Gasteiger partial charge in [-0.15, -0.1) is 0 Å². The minimum Gasteiger partial charge on any atom is -0.478 e. The first-order chi connectivity index (χ1) is 8.59. The molecule has 98 valence electrons. The SMILES string of the molecule is CC1CCCN(c2cccc(F)c2C(=O)O)CC1. The first-order valence-electron chi connectivity index (χ1n) is 6.36. The number of rotatable bonds is 2. The van der Waals surface area contributed by atoms with Gasteiger partial charge < -0.3 is 10.0 Å². The van der Waals surface area contributed by atoms with E-state index in [-0.39, 0.29) is 5.56 Å². The zero-order chi connectivity index (χ0) is 13.1. The lowest BCUT2D eigenvalue weighted by molar-refractivity contribution is 0.0692. The second-order valence-electron chi connectivity index (χ2n) is 4.96. The zero-order valence-electron chi connectivity index (χ0n) is 10.5. The Labute approximate surface area is 106 Å². The summed E-state index contributed by atoms with van der Waals surface area (Å²) < 4.78 is 13.6. The molecular weight excluding hydrogens is 233 g/mol. The molecule has 18 heavy (non-hydrogen) atoms. The molecular formula is C14H18FNO2. The van der Waals surface area contributed by atoms with Crippen LogP contribution in [0.4, 0.5) is 10.1 Å². The van der Waals surface area contributed by atoms with Crippen LogP contribution < -0.4 is 4.90 Å². The summed E-state index contributed by atoms with van der Waals surface area (Å²) in [5.41, 5.74) is 0.309. The molecule has 1 saturated heterocycles. The topological polar surface area (TPSA) is 40.5 Å². The normalized spacial score (nSPS) is 20.6. The Hall–Kier alpha value is -1.58. The van der Waals surface area contributed by atoms with E-state index in [4.69, 9.17) is 5.11 Å². The molecule has 4 heteroatoms. The highest BCUT2D eigenvalue weighted by Crippen LogP contribution is 2.27. The minimum atomic E-state index is -1.19. The van der Waals surface area contributed by atoms with E-state index in [0.29, 0.717) is 11.6 Å². The van der Waals surface area contributed by atoms with Crippen LogP contribution >= 0.6 is 0 Å². The molecule has 1 atom stereocenters. The van der Waals surface area contributed by atoms with Crippen molar-refractivity contribution in [1.82, 2.24) is 0 Å². The molecule has 0 radical (unpaired) electrons. The molecule has 2 rings (SSSR count). The predicted molar refractivity (Wildman–Crippen MR) is 68.6 cm³/mol. The van der Waals surface area contributed by atoms with Gasteiger partial charge in [-0.1, -0.05) is 13.0 Å². The molecule has 1 fully saturated rings. The molecule has 0 amide bonds. The highest BCUT2D eigenvalue weighted by atomic mass is 19.1. The lowest BCUT2D eigenvalue weighted by Gasteiger charge is -2.24. The Morgan fingerprint density at radius 3 is 2.89 bits per heavy atom. The van der Waals surface area contributed by atoms with Gasteiger partial charge in [-0.25, -0.2) is 9.18 Å². The Kier molecular flexibility index (Phi) is 3.84. The predicted octanol–water partition coefficient (Wildman–Crippen LogP) is 3.15. The van der Waals surface area contributed by atoms with Crippen LogP contribution in [0, 0.1) is 11.7 Å². The fourth-order valence-corrected chi connectivity index (χ4v) is 2.49. The fraction of sp³-hybridized carbons (Fsp3) is 0.500. The maximum Gasteiger partial charge on any atom is 0.340 e. The maximum absolute atomic E-state index is 13.6. The molecule has 0 aliphatic carbocycles. The first kappa shape index (κ1) is 12.9. The van der Waals surface area contributed by atoms with Crippen molar-refractivity contribution in [3.05, 3.63) is 29.6 Å². The molecule has 1 unspecified atom stereocenters. The van der Waals surface area contributed by atoms with E-state index < -0.39 is 11.8 Å². The standard InChI is InChI=1S/C14H18FNO2/c1-10-4-3-8-16(9-7-10)12-6-2-5-11(15)13(12)14(17)18/h2,5-6,10H,3-4,7-9H2,1H3,(H,17,18). The molecule has 1 aliphatic heterocycles. The van der Waals surface area contributed by atoms with E-state index in [0.717, 1.165) is 32.4 Å². The average molecular weight is 251 g/mol. The number of carbonyl (C=O) groups is 1. The number of halogens is 1. The highest BCUT2D eigenvalue weighted by Gasteiger charge is 2.22. The van der Waals surface area contributed by atoms with Gasteiger partial charge in [-0.2, -0.15) is 0 Å². The summed E-state index contributed by atoms with van der Waals surface area (Å²) in [6, 6.07) is 4.47. The molecule has 1 aromatic carbocycles. The van der Waals surface area contributed by atoms with Crippen LogP contribution in [0.2, 0.25) is 0 Å². The number of aromatic carboxylic acids is 1. The summed E-state index contributed by atoms with van der Waals surface area (Å²) in [4.78, 5) is 13.2. The molecule has 1 N–H and O–H groups in total. The quantitative estimate of drug-likeness (QED) is 0.877. The summed E-state index contributed by atoms with van der Waals surface area (Å²) in [7, 11) is 0. The third-order valence-electron chi connectivity index (χ3n) is 3.56. The number of benzene rings is 1. The van der Waals surface area contributed by atoms with Crippen molar-refractivity contribution >= 4 is 11.7 Å². The third kappa shape index (κ3) is 2.63. The van der Waals surface area contributed by atoms with Crippen molar-refractivity contribution < 1.29 is 14.3 Å². The Bertz CT molecular complexity index is 447. The van der Waals surface area contributed by atoms with Crippen LogP contribution in [0.1, 0.15) is 36.5 Å². The minimum absolute atomic E-state index is 0.202. The van der Waals surface area contributed by atoms with E-state index in [1.54, 1.807) is 12.1 Å². The van der Waals surface area contributed by atoms with Crippen LogP contribution in [-0.2, 0) is 0 Å². The number of hydrogen-bond acceptors (Lipinski definition) is 2. The molecule has 3 nitrogen and oxygen atoms in total. The second-order valence-corrected chi connectivity index (χ2v) is 4.96. The van der Waals surface area contributed by atoms with E-state index in [9.17, 15) is 9.18 Å². The van der Waals surface area contributed by atoms with Crippen molar-refractivity contribution in [1.29, 1.82) is 0 Å².